The summed E-state index contributed by atoms with van der Waals surface area (Å²) in [6.45, 7) is 8.13. The molecule has 1 aromatic heterocycles. The maximum atomic E-state index is 5.72. The first-order chi connectivity index (χ1) is 11.3. The van der Waals surface area contributed by atoms with Gasteiger partial charge in [0.05, 0.1) is 15.7 Å². The highest BCUT2D eigenvalue weighted by Crippen LogP contribution is 2.31. The molecular formula is C18H22BrN5. The minimum Gasteiger partial charge on any atom is -0.399 e. The summed E-state index contributed by atoms with van der Waals surface area (Å²) in [6.07, 6.45) is 0. The number of nitrogen functional groups attached to an aromatic ring is 1. The van der Waals surface area contributed by atoms with Gasteiger partial charge in [-0.2, -0.15) is 0 Å². The maximum Gasteiger partial charge on any atom is 0.129 e. The van der Waals surface area contributed by atoms with Crippen LogP contribution in [0.25, 0.3) is 11.0 Å². The van der Waals surface area contributed by atoms with Crippen LogP contribution in [0.5, 0.6) is 0 Å². The Labute approximate surface area is 150 Å². The van der Waals surface area contributed by atoms with Crippen LogP contribution in [0.3, 0.4) is 0 Å². The van der Waals surface area contributed by atoms with Gasteiger partial charge < -0.3 is 11.1 Å². The minimum absolute atomic E-state index is 0.152. The van der Waals surface area contributed by atoms with Gasteiger partial charge in [0.2, 0.25) is 0 Å². The molecular weight excluding hydrogens is 366 g/mol. The molecule has 3 rings (SSSR count). The fraction of sp³-hybridized carbons (Fsp3) is 0.333. The van der Waals surface area contributed by atoms with Crippen molar-refractivity contribution in [1.29, 1.82) is 0 Å². The molecule has 0 aliphatic heterocycles. The highest BCUT2D eigenvalue weighted by atomic mass is 79.9. The lowest BCUT2D eigenvalue weighted by Crippen LogP contribution is -2.16. The Bertz CT molecular complexity index is 846. The van der Waals surface area contributed by atoms with Gasteiger partial charge in [-0.25, -0.2) is 4.68 Å². The molecule has 0 unspecified atom stereocenters. The van der Waals surface area contributed by atoms with E-state index < -0.39 is 0 Å². The number of anilines is 2. The molecule has 0 bridgehead atoms. The molecule has 3 aromatic rings. The smallest absolute Gasteiger partial charge is 0.129 e. The van der Waals surface area contributed by atoms with Crippen molar-refractivity contribution in [2.75, 3.05) is 11.1 Å². The van der Waals surface area contributed by atoms with Crippen molar-refractivity contribution in [2.24, 2.45) is 5.41 Å². The number of hydrogen-bond donors (Lipinski definition) is 2. The normalized spacial score (nSPS) is 11.8. The lowest BCUT2D eigenvalue weighted by molar-refractivity contribution is 0.327. The Morgan fingerprint density at radius 2 is 1.83 bits per heavy atom. The molecule has 6 heteroatoms. The number of hydrogen-bond acceptors (Lipinski definition) is 4. The van der Waals surface area contributed by atoms with Crippen LogP contribution in [0, 0.1) is 5.41 Å². The quantitative estimate of drug-likeness (QED) is 0.649. The summed E-state index contributed by atoms with van der Waals surface area (Å²) in [6, 6.07) is 12.0. The van der Waals surface area contributed by atoms with Crippen molar-refractivity contribution in [3.8, 4) is 0 Å². The summed E-state index contributed by atoms with van der Waals surface area (Å²) in [7, 11) is 0. The van der Waals surface area contributed by atoms with Crippen LogP contribution in [0.2, 0.25) is 0 Å². The molecule has 0 radical (unpaired) electrons. The van der Waals surface area contributed by atoms with E-state index in [1.54, 1.807) is 0 Å². The average molecular weight is 388 g/mol. The fourth-order valence-corrected chi connectivity index (χ4v) is 3.09. The Balaban J connectivity index is 1.82. The Hall–Kier alpha value is -2.08. The molecule has 5 nitrogen and oxygen atoms in total. The SMILES string of the molecule is CC(C)(C)Cn1nnc2c(Br)c(NCc3ccc(N)cc3)ccc21. The van der Waals surface area contributed by atoms with Crippen molar-refractivity contribution >= 4 is 38.3 Å². The molecule has 0 aliphatic carbocycles. The number of benzene rings is 2. The molecule has 2 aromatic carbocycles. The second-order valence-electron chi connectivity index (χ2n) is 7.20. The third-order valence-electron chi connectivity index (χ3n) is 3.71. The van der Waals surface area contributed by atoms with Crippen molar-refractivity contribution in [3.63, 3.8) is 0 Å². The molecule has 0 saturated carbocycles. The number of nitrogens with zero attached hydrogens (tertiary/aromatic N) is 3. The number of nitrogens with two attached hydrogens (primary N) is 1. The van der Waals surface area contributed by atoms with Gasteiger partial charge in [0, 0.05) is 18.8 Å². The third kappa shape index (κ3) is 3.70. The van der Waals surface area contributed by atoms with E-state index >= 15 is 0 Å². The molecule has 1 heterocycles. The van der Waals surface area contributed by atoms with Gasteiger partial charge in [0.25, 0.3) is 0 Å². The predicted molar refractivity (Wildman–Crippen MR) is 103 cm³/mol. The van der Waals surface area contributed by atoms with Crippen molar-refractivity contribution in [3.05, 3.63) is 46.4 Å². The van der Waals surface area contributed by atoms with Gasteiger partial charge in [0.1, 0.15) is 5.52 Å². The van der Waals surface area contributed by atoms with Crippen LogP contribution >= 0.6 is 15.9 Å². The summed E-state index contributed by atoms with van der Waals surface area (Å²) in [5, 5.41) is 12.1. The zero-order valence-corrected chi connectivity index (χ0v) is 15.8. The molecule has 0 fully saturated rings. The molecule has 0 amide bonds. The van der Waals surface area contributed by atoms with E-state index in [-0.39, 0.29) is 5.41 Å². The van der Waals surface area contributed by atoms with E-state index in [4.69, 9.17) is 5.73 Å². The highest BCUT2D eigenvalue weighted by Gasteiger charge is 2.16. The standard InChI is InChI=1S/C18H22BrN5/c1-18(2,3)11-24-15-9-8-14(16(19)17(15)22-23-24)21-10-12-4-6-13(20)7-5-12/h4-9,21H,10-11,20H2,1-3H3. The zero-order chi connectivity index (χ0) is 17.3. The van der Waals surface area contributed by atoms with E-state index in [2.05, 4.69) is 64.5 Å². The van der Waals surface area contributed by atoms with Gasteiger partial charge >= 0.3 is 0 Å². The topological polar surface area (TPSA) is 68.8 Å². The van der Waals surface area contributed by atoms with Crippen LogP contribution in [-0.4, -0.2) is 15.0 Å². The van der Waals surface area contributed by atoms with Crippen molar-refractivity contribution < 1.29 is 0 Å². The van der Waals surface area contributed by atoms with Crippen LogP contribution in [0.1, 0.15) is 26.3 Å². The minimum atomic E-state index is 0.152. The highest BCUT2D eigenvalue weighted by molar-refractivity contribution is 9.10. The first kappa shape index (κ1) is 16.8. The maximum absolute atomic E-state index is 5.72. The van der Waals surface area contributed by atoms with Crippen LogP contribution in [0.4, 0.5) is 11.4 Å². The number of nitrogens with one attached hydrogen (secondary N) is 1. The molecule has 0 aliphatic rings. The molecule has 126 valence electrons. The van der Waals surface area contributed by atoms with E-state index in [0.29, 0.717) is 0 Å². The van der Waals surface area contributed by atoms with E-state index in [0.717, 1.165) is 40.0 Å². The van der Waals surface area contributed by atoms with Gasteiger partial charge in [-0.15, -0.1) is 5.10 Å². The lowest BCUT2D eigenvalue weighted by Gasteiger charge is -2.18. The van der Waals surface area contributed by atoms with Crippen LogP contribution in [0.15, 0.2) is 40.9 Å². The lowest BCUT2D eigenvalue weighted by atomic mass is 9.97. The Morgan fingerprint density at radius 1 is 1.12 bits per heavy atom. The van der Waals surface area contributed by atoms with Gasteiger partial charge in [-0.3, -0.25) is 0 Å². The van der Waals surface area contributed by atoms with Gasteiger partial charge in [0.15, 0.2) is 0 Å². The molecule has 0 saturated heterocycles. The van der Waals surface area contributed by atoms with Crippen molar-refractivity contribution in [2.45, 2.75) is 33.9 Å². The first-order valence-corrected chi connectivity index (χ1v) is 8.73. The predicted octanol–water partition coefficient (Wildman–Crippen LogP) is 4.43. The Morgan fingerprint density at radius 3 is 2.50 bits per heavy atom. The van der Waals surface area contributed by atoms with Gasteiger partial charge in [-0.05, 0) is 51.2 Å². The van der Waals surface area contributed by atoms with Crippen molar-refractivity contribution in [1.82, 2.24) is 15.0 Å². The molecule has 24 heavy (non-hydrogen) atoms. The summed E-state index contributed by atoms with van der Waals surface area (Å²) >= 11 is 3.66. The molecule has 0 atom stereocenters. The fourth-order valence-electron chi connectivity index (χ4n) is 2.54. The van der Waals surface area contributed by atoms with E-state index in [9.17, 15) is 0 Å². The van der Waals surface area contributed by atoms with E-state index in [1.165, 1.54) is 5.56 Å². The number of halogens is 1. The summed E-state index contributed by atoms with van der Waals surface area (Å²) in [5.41, 5.74) is 10.7. The monoisotopic (exact) mass is 387 g/mol. The largest absolute Gasteiger partial charge is 0.399 e. The van der Waals surface area contributed by atoms with E-state index in [1.807, 2.05) is 28.9 Å². The number of aromatic nitrogens is 3. The molecule has 0 spiro atoms. The molecule has 3 N–H and O–H groups in total. The summed E-state index contributed by atoms with van der Waals surface area (Å²) in [4.78, 5) is 0. The second kappa shape index (κ2) is 6.43. The summed E-state index contributed by atoms with van der Waals surface area (Å²) < 4.78 is 2.90. The zero-order valence-electron chi connectivity index (χ0n) is 14.2. The first-order valence-electron chi connectivity index (χ1n) is 7.93. The number of rotatable bonds is 4. The second-order valence-corrected chi connectivity index (χ2v) is 7.99. The average Bonchev–Trinajstić information content (AvgIpc) is 2.90. The third-order valence-corrected chi connectivity index (χ3v) is 4.52. The Kier molecular flexibility index (Phi) is 4.49. The van der Waals surface area contributed by atoms with Crippen LogP contribution < -0.4 is 11.1 Å². The van der Waals surface area contributed by atoms with Gasteiger partial charge in [-0.1, -0.05) is 38.1 Å². The number of fused-ring (bicyclic) bond motifs is 1. The summed E-state index contributed by atoms with van der Waals surface area (Å²) in [5.74, 6) is 0. The van der Waals surface area contributed by atoms with Crippen LogP contribution in [-0.2, 0) is 13.1 Å².